The average molecular weight is 276 g/mol. The number of aromatic hydroxyl groups is 1. The van der Waals surface area contributed by atoms with Crippen LogP contribution in [0, 0.1) is 0 Å². The molecule has 0 aliphatic heterocycles. The molecule has 0 aromatic heterocycles. The lowest BCUT2D eigenvalue weighted by atomic mass is 10.1. The van der Waals surface area contributed by atoms with Crippen molar-refractivity contribution in [2.75, 3.05) is 7.11 Å². The first-order chi connectivity index (χ1) is 6.99. The Bertz CT molecular complexity index is 394. The number of aliphatic carboxylic acids is 1. The lowest BCUT2D eigenvalue weighted by Gasteiger charge is -2.14. The third-order valence-electron chi connectivity index (χ3n) is 1.91. The van der Waals surface area contributed by atoms with Gasteiger partial charge in [0.2, 0.25) is 0 Å². The van der Waals surface area contributed by atoms with Gasteiger partial charge in [0.25, 0.3) is 0 Å². The van der Waals surface area contributed by atoms with E-state index in [0.29, 0.717) is 10.0 Å². The van der Waals surface area contributed by atoms with Crippen molar-refractivity contribution in [3.8, 4) is 11.5 Å². The van der Waals surface area contributed by atoms with Gasteiger partial charge in [-0.2, -0.15) is 0 Å². The Morgan fingerprint density at radius 2 is 2.20 bits per heavy atom. The van der Waals surface area contributed by atoms with Gasteiger partial charge in [-0.25, -0.2) is 0 Å². The van der Waals surface area contributed by atoms with Crippen LogP contribution in [0.4, 0.5) is 0 Å². The largest absolute Gasteiger partial charge is 0.507 e. The summed E-state index contributed by atoms with van der Waals surface area (Å²) in [5, 5.41) is 18.1. The van der Waals surface area contributed by atoms with Crippen LogP contribution in [-0.4, -0.2) is 23.3 Å². The van der Waals surface area contributed by atoms with Gasteiger partial charge >= 0.3 is 5.97 Å². The minimum absolute atomic E-state index is 0.0341. The number of methoxy groups -OCH3 is 1. The molecular formula is C9H10BrNO4. The van der Waals surface area contributed by atoms with Crippen LogP contribution in [0.5, 0.6) is 11.5 Å². The highest BCUT2D eigenvalue weighted by Crippen LogP contribution is 2.38. The zero-order chi connectivity index (χ0) is 11.6. The standard InChI is InChI=1S/C9H10BrNO4/c1-15-8-4(7(11)9(13)14)2-3-5(12)6(8)10/h2-3,7,12H,11H2,1H3,(H,13,14). The van der Waals surface area contributed by atoms with Crippen molar-refractivity contribution in [2.45, 2.75) is 6.04 Å². The second kappa shape index (κ2) is 4.50. The van der Waals surface area contributed by atoms with Crippen LogP contribution < -0.4 is 10.5 Å². The Balaban J connectivity index is 3.30. The van der Waals surface area contributed by atoms with Gasteiger partial charge < -0.3 is 20.7 Å². The highest BCUT2D eigenvalue weighted by atomic mass is 79.9. The number of carboxylic acid groups (broad SMARTS) is 1. The minimum atomic E-state index is -1.18. The van der Waals surface area contributed by atoms with Gasteiger partial charge in [0, 0.05) is 5.56 Å². The quantitative estimate of drug-likeness (QED) is 0.772. The number of phenolic OH excluding ortho intramolecular Hbond substituents is 1. The van der Waals surface area contributed by atoms with Crippen LogP contribution >= 0.6 is 15.9 Å². The fourth-order valence-corrected chi connectivity index (χ4v) is 1.67. The van der Waals surface area contributed by atoms with Gasteiger partial charge in [0.05, 0.1) is 7.11 Å². The number of hydrogen-bond acceptors (Lipinski definition) is 4. The molecule has 1 aromatic rings. The Kier molecular flexibility index (Phi) is 3.54. The van der Waals surface area contributed by atoms with Crippen LogP contribution in [0.15, 0.2) is 16.6 Å². The van der Waals surface area contributed by atoms with Crippen LogP contribution in [-0.2, 0) is 4.79 Å². The number of carbonyl (C=O) groups is 1. The number of hydrogen-bond donors (Lipinski definition) is 3. The molecule has 82 valence electrons. The SMILES string of the molecule is COc1c(C(N)C(=O)O)ccc(O)c1Br. The maximum absolute atomic E-state index is 10.7. The highest BCUT2D eigenvalue weighted by Gasteiger charge is 2.21. The zero-order valence-electron chi connectivity index (χ0n) is 7.90. The molecule has 1 rings (SSSR count). The van der Waals surface area contributed by atoms with Crippen LogP contribution in [0.25, 0.3) is 0 Å². The van der Waals surface area contributed by atoms with E-state index in [2.05, 4.69) is 15.9 Å². The lowest BCUT2D eigenvalue weighted by molar-refractivity contribution is -0.138. The fraction of sp³-hybridized carbons (Fsp3) is 0.222. The molecule has 0 spiro atoms. The maximum Gasteiger partial charge on any atom is 0.325 e. The third-order valence-corrected chi connectivity index (χ3v) is 2.68. The molecule has 0 heterocycles. The van der Waals surface area contributed by atoms with Crippen LogP contribution in [0.2, 0.25) is 0 Å². The molecule has 0 radical (unpaired) electrons. The van der Waals surface area contributed by atoms with Gasteiger partial charge in [-0.05, 0) is 28.1 Å². The number of ether oxygens (including phenoxy) is 1. The van der Waals surface area contributed by atoms with E-state index in [-0.39, 0.29) is 11.5 Å². The Morgan fingerprint density at radius 3 is 2.67 bits per heavy atom. The summed E-state index contributed by atoms with van der Waals surface area (Å²) in [6.07, 6.45) is 0. The molecule has 15 heavy (non-hydrogen) atoms. The van der Waals surface area contributed by atoms with Gasteiger partial charge in [-0.1, -0.05) is 0 Å². The van der Waals surface area contributed by atoms with Crippen molar-refractivity contribution in [3.05, 3.63) is 22.2 Å². The first-order valence-electron chi connectivity index (χ1n) is 4.02. The number of carboxylic acids is 1. The number of rotatable bonds is 3. The Labute approximate surface area is 94.6 Å². The van der Waals surface area contributed by atoms with E-state index in [0.717, 1.165) is 0 Å². The molecule has 0 saturated carbocycles. The predicted octanol–water partition coefficient (Wildman–Crippen LogP) is 1.25. The van der Waals surface area contributed by atoms with Crippen molar-refractivity contribution in [2.24, 2.45) is 5.73 Å². The predicted molar refractivity (Wildman–Crippen MR) is 56.9 cm³/mol. The van der Waals surface area contributed by atoms with E-state index < -0.39 is 12.0 Å². The summed E-state index contributed by atoms with van der Waals surface area (Å²) in [4.78, 5) is 10.7. The summed E-state index contributed by atoms with van der Waals surface area (Å²) in [6.45, 7) is 0. The van der Waals surface area contributed by atoms with Gasteiger partial charge in [0.1, 0.15) is 22.0 Å². The number of phenols is 1. The molecular weight excluding hydrogens is 266 g/mol. The fourth-order valence-electron chi connectivity index (χ4n) is 1.15. The summed E-state index contributed by atoms with van der Waals surface area (Å²) in [5.74, 6) is -0.969. The van der Waals surface area contributed by atoms with Crippen molar-refractivity contribution in [1.29, 1.82) is 0 Å². The molecule has 1 aromatic carbocycles. The normalized spacial score (nSPS) is 12.2. The average Bonchev–Trinajstić information content (AvgIpc) is 2.20. The zero-order valence-corrected chi connectivity index (χ0v) is 9.48. The second-order valence-corrected chi connectivity index (χ2v) is 3.63. The maximum atomic E-state index is 10.7. The molecule has 0 aliphatic carbocycles. The van der Waals surface area contributed by atoms with E-state index in [1.165, 1.54) is 19.2 Å². The summed E-state index contributed by atoms with van der Waals surface area (Å²) in [5.41, 5.74) is 5.75. The molecule has 6 heteroatoms. The van der Waals surface area contributed by atoms with E-state index in [1.54, 1.807) is 0 Å². The van der Waals surface area contributed by atoms with Crippen LogP contribution in [0.1, 0.15) is 11.6 Å². The molecule has 0 amide bonds. The monoisotopic (exact) mass is 275 g/mol. The van der Waals surface area contributed by atoms with Crippen LogP contribution in [0.3, 0.4) is 0 Å². The molecule has 0 saturated heterocycles. The topological polar surface area (TPSA) is 92.8 Å². The summed E-state index contributed by atoms with van der Waals surface area (Å²) in [6, 6.07) is 1.58. The smallest absolute Gasteiger partial charge is 0.325 e. The number of nitrogens with two attached hydrogens (primary N) is 1. The molecule has 1 atom stereocenters. The molecule has 0 bridgehead atoms. The Morgan fingerprint density at radius 1 is 1.60 bits per heavy atom. The number of benzene rings is 1. The number of halogens is 1. The highest BCUT2D eigenvalue weighted by molar-refractivity contribution is 9.10. The molecule has 5 nitrogen and oxygen atoms in total. The lowest BCUT2D eigenvalue weighted by Crippen LogP contribution is -2.21. The van der Waals surface area contributed by atoms with Crippen molar-refractivity contribution >= 4 is 21.9 Å². The Hall–Kier alpha value is -1.27. The van der Waals surface area contributed by atoms with Crippen molar-refractivity contribution in [1.82, 2.24) is 0 Å². The molecule has 1 unspecified atom stereocenters. The summed E-state index contributed by atoms with van der Waals surface area (Å²) < 4.78 is 5.27. The van der Waals surface area contributed by atoms with E-state index in [4.69, 9.17) is 15.6 Å². The van der Waals surface area contributed by atoms with Crippen molar-refractivity contribution < 1.29 is 19.7 Å². The van der Waals surface area contributed by atoms with Gasteiger partial charge in [-0.3, -0.25) is 4.79 Å². The molecule has 0 fully saturated rings. The molecule has 4 N–H and O–H groups in total. The third kappa shape index (κ3) is 2.21. The summed E-state index contributed by atoms with van der Waals surface area (Å²) >= 11 is 3.09. The second-order valence-electron chi connectivity index (χ2n) is 2.84. The van der Waals surface area contributed by atoms with E-state index in [1.807, 2.05) is 0 Å². The van der Waals surface area contributed by atoms with E-state index in [9.17, 15) is 9.90 Å². The minimum Gasteiger partial charge on any atom is -0.507 e. The van der Waals surface area contributed by atoms with Crippen molar-refractivity contribution in [3.63, 3.8) is 0 Å². The van der Waals surface area contributed by atoms with E-state index >= 15 is 0 Å². The molecule has 0 aliphatic rings. The first kappa shape index (κ1) is 11.8. The van der Waals surface area contributed by atoms with Gasteiger partial charge in [-0.15, -0.1) is 0 Å². The first-order valence-corrected chi connectivity index (χ1v) is 4.82. The summed E-state index contributed by atoms with van der Waals surface area (Å²) in [7, 11) is 1.37. The van der Waals surface area contributed by atoms with Gasteiger partial charge in [0.15, 0.2) is 0 Å².